The van der Waals surface area contributed by atoms with Gasteiger partial charge in [0, 0.05) is 49.8 Å². The molecule has 0 spiro atoms. The molecule has 1 fully saturated rings. The van der Waals surface area contributed by atoms with E-state index in [1.54, 1.807) is 12.4 Å². The minimum Gasteiger partial charge on any atom is -0.493 e. The SMILES string of the molecule is COc1ccc(NC(=O)NC2CCN(Cc3ccncc3)CC2)cc1OCC(F)(F)F. The number of ether oxygens (including phenoxy) is 2. The van der Waals surface area contributed by atoms with Gasteiger partial charge in [-0.2, -0.15) is 13.2 Å². The van der Waals surface area contributed by atoms with Gasteiger partial charge < -0.3 is 20.1 Å². The number of likely N-dealkylation sites (tertiary alicyclic amines) is 1. The van der Waals surface area contributed by atoms with Crippen molar-refractivity contribution >= 4 is 11.7 Å². The molecule has 31 heavy (non-hydrogen) atoms. The molecule has 1 saturated heterocycles. The number of carbonyl (C=O) groups is 1. The van der Waals surface area contributed by atoms with Crippen molar-refractivity contribution in [3.05, 3.63) is 48.3 Å². The first-order valence-electron chi connectivity index (χ1n) is 9.89. The summed E-state index contributed by atoms with van der Waals surface area (Å²) in [7, 11) is 1.33. The third-order valence-corrected chi connectivity index (χ3v) is 4.89. The number of amides is 2. The van der Waals surface area contributed by atoms with Crippen LogP contribution in [0.3, 0.4) is 0 Å². The van der Waals surface area contributed by atoms with E-state index in [-0.39, 0.29) is 17.5 Å². The summed E-state index contributed by atoms with van der Waals surface area (Å²) in [6.45, 7) is 1.10. The van der Waals surface area contributed by atoms with Crippen molar-refractivity contribution in [1.82, 2.24) is 15.2 Å². The van der Waals surface area contributed by atoms with Gasteiger partial charge in [-0.05, 0) is 42.7 Å². The number of halogens is 3. The molecule has 1 aliphatic heterocycles. The fourth-order valence-corrected chi connectivity index (χ4v) is 3.36. The van der Waals surface area contributed by atoms with Crippen molar-refractivity contribution in [3.8, 4) is 11.5 Å². The van der Waals surface area contributed by atoms with E-state index in [0.29, 0.717) is 5.69 Å². The molecular formula is C21H25F3N4O3. The number of anilines is 1. The Labute approximate surface area is 178 Å². The van der Waals surface area contributed by atoms with Crippen molar-refractivity contribution in [2.75, 3.05) is 32.1 Å². The minimum absolute atomic E-state index is 0.0212. The molecule has 2 N–H and O–H groups in total. The number of carbonyl (C=O) groups excluding carboxylic acids is 1. The van der Waals surface area contributed by atoms with Gasteiger partial charge in [-0.25, -0.2) is 4.79 Å². The Hall–Kier alpha value is -3.01. The van der Waals surface area contributed by atoms with Crippen molar-refractivity contribution < 1.29 is 27.4 Å². The smallest absolute Gasteiger partial charge is 0.422 e. The minimum atomic E-state index is -4.47. The first-order chi connectivity index (χ1) is 14.8. The fourth-order valence-electron chi connectivity index (χ4n) is 3.36. The number of benzene rings is 1. The molecule has 7 nitrogen and oxygen atoms in total. The molecule has 0 aliphatic carbocycles. The van der Waals surface area contributed by atoms with E-state index in [4.69, 9.17) is 9.47 Å². The van der Waals surface area contributed by atoms with Gasteiger partial charge in [-0.3, -0.25) is 9.88 Å². The molecule has 2 heterocycles. The van der Waals surface area contributed by atoms with E-state index in [1.807, 2.05) is 12.1 Å². The molecule has 0 saturated carbocycles. The molecule has 3 rings (SSSR count). The van der Waals surface area contributed by atoms with Crippen LogP contribution in [0.15, 0.2) is 42.7 Å². The summed E-state index contributed by atoms with van der Waals surface area (Å²) >= 11 is 0. The summed E-state index contributed by atoms with van der Waals surface area (Å²) in [6.07, 6.45) is 0.680. The van der Waals surface area contributed by atoms with Crippen LogP contribution in [0, 0.1) is 0 Å². The molecule has 0 unspecified atom stereocenters. The average molecular weight is 438 g/mol. The van der Waals surface area contributed by atoms with Gasteiger partial charge in [0.1, 0.15) is 0 Å². The number of nitrogens with zero attached hydrogens (tertiary/aromatic N) is 2. The number of aromatic nitrogens is 1. The second-order valence-electron chi connectivity index (χ2n) is 7.27. The molecule has 10 heteroatoms. The Kier molecular flexibility index (Phi) is 7.56. The van der Waals surface area contributed by atoms with Gasteiger partial charge in [0.25, 0.3) is 0 Å². The summed E-state index contributed by atoms with van der Waals surface area (Å²) < 4.78 is 47.1. The van der Waals surface area contributed by atoms with Crippen LogP contribution in [0.4, 0.5) is 23.7 Å². The number of nitrogens with one attached hydrogen (secondary N) is 2. The zero-order chi connectivity index (χ0) is 22.3. The quantitative estimate of drug-likeness (QED) is 0.688. The lowest BCUT2D eigenvalue weighted by Gasteiger charge is -2.32. The monoisotopic (exact) mass is 438 g/mol. The Bertz CT molecular complexity index is 857. The maximum absolute atomic E-state index is 12.4. The lowest BCUT2D eigenvalue weighted by Crippen LogP contribution is -2.45. The molecule has 2 amide bonds. The number of alkyl halides is 3. The second-order valence-corrected chi connectivity index (χ2v) is 7.27. The van der Waals surface area contributed by atoms with Gasteiger partial charge in [-0.15, -0.1) is 0 Å². The Balaban J connectivity index is 1.48. The van der Waals surface area contributed by atoms with E-state index in [1.165, 1.54) is 30.9 Å². The van der Waals surface area contributed by atoms with Crippen LogP contribution in [-0.2, 0) is 6.54 Å². The molecular weight excluding hydrogens is 413 g/mol. The van der Waals surface area contributed by atoms with Crippen LogP contribution in [0.5, 0.6) is 11.5 Å². The predicted octanol–water partition coefficient (Wildman–Crippen LogP) is 3.82. The van der Waals surface area contributed by atoms with Crippen LogP contribution in [0.1, 0.15) is 18.4 Å². The largest absolute Gasteiger partial charge is 0.493 e. The van der Waals surface area contributed by atoms with E-state index in [9.17, 15) is 18.0 Å². The van der Waals surface area contributed by atoms with Gasteiger partial charge in [0.15, 0.2) is 18.1 Å². The zero-order valence-electron chi connectivity index (χ0n) is 17.1. The molecule has 1 aliphatic rings. The van der Waals surface area contributed by atoms with Crippen molar-refractivity contribution in [2.24, 2.45) is 0 Å². The number of pyridine rings is 1. The highest BCUT2D eigenvalue weighted by molar-refractivity contribution is 5.89. The Morgan fingerprint density at radius 2 is 1.87 bits per heavy atom. The third-order valence-electron chi connectivity index (χ3n) is 4.89. The first-order valence-corrected chi connectivity index (χ1v) is 9.89. The number of hydrogen-bond donors (Lipinski definition) is 2. The molecule has 0 bridgehead atoms. The Morgan fingerprint density at radius 3 is 2.52 bits per heavy atom. The summed E-state index contributed by atoms with van der Waals surface area (Å²) in [4.78, 5) is 18.7. The van der Waals surface area contributed by atoms with E-state index in [0.717, 1.165) is 32.5 Å². The number of urea groups is 1. The van der Waals surface area contributed by atoms with Crippen molar-refractivity contribution in [1.29, 1.82) is 0 Å². The van der Waals surface area contributed by atoms with Gasteiger partial charge in [0.05, 0.1) is 7.11 Å². The van der Waals surface area contributed by atoms with Gasteiger partial charge in [-0.1, -0.05) is 0 Å². The number of methoxy groups -OCH3 is 1. The van der Waals surface area contributed by atoms with Crippen LogP contribution in [0.2, 0.25) is 0 Å². The zero-order valence-corrected chi connectivity index (χ0v) is 17.1. The highest BCUT2D eigenvalue weighted by Gasteiger charge is 2.29. The molecule has 2 aromatic rings. The molecule has 0 atom stereocenters. The molecule has 168 valence electrons. The van der Waals surface area contributed by atoms with Gasteiger partial charge in [0.2, 0.25) is 0 Å². The fraction of sp³-hybridized carbons (Fsp3) is 0.429. The van der Waals surface area contributed by atoms with Crippen LogP contribution in [-0.4, -0.2) is 54.9 Å². The summed E-state index contributed by atoms with van der Waals surface area (Å²) in [5.74, 6) is 0.0545. The van der Waals surface area contributed by atoms with E-state index < -0.39 is 18.8 Å². The number of piperidine rings is 1. The summed E-state index contributed by atoms with van der Waals surface area (Å²) in [6, 6.07) is 7.86. The summed E-state index contributed by atoms with van der Waals surface area (Å²) in [5, 5.41) is 5.56. The van der Waals surface area contributed by atoms with Crippen molar-refractivity contribution in [3.63, 3.8) is 0 Å². The lowest BCUT2D eigenvalue weighted by atomic mass is 10.0. The van der Waals surface area contributed by atoms with Crippen LogP contribution < -0.4 is 20.1 Å². The van der Waals surface area contributed by atoms with Crippen LogP contribution in [0.25, 0.3) is 0 Å². The normalized spacial score (nSPS) is 15.4. The highest BCUT2D eigenvalue weighted by Crippen LogP contribution is 2.31. The maximum Gasteiger partial charge on any atom is 0.422 e. The van der Waals surface area contributed by atoms with E-state index >= 15 is 0 Å². The predicted molar refractivity (Wildman–Crippen MR) is 109 cm³/mol. The lowest BCUT2D eigenvalue weighted by molar-refractivity contribution is -0.153. The van der Waals surface area contributed by atoms with Gasteiger partial charge >= 0.3 is 12.2 Å². The van der Waals surface area contributed by atoms with Crippen LogP contribution >= 0.6 is 0 Å². The second kappa shape index (κ2) is 10.3. The topological polar surface area (TPSA) is 75.7 Å². The number of rotatable bonds is 7. The first kappa shape index (κ1) is 22.7. The molecule has 0 radical (unpaired) electrons. The average Bonchev–Trinajstić information content (AvgIpc) is 2.74. The highest BCUT2D eigenvalue weighted by atomic mass is 19.4. The standard InChI is InChI=1S/C21H25F3N4O3/c1-30-18-3-2-17(12-19(18)31-14-21(22,23)24)27-20(29)26-16-6-10-28(11-7-16)13-15-4-8-25-9-5-15/h2-5,8-9,12,16H,6-7,10-11,13-14H2,1H3,(H2,26,27,29). The third kappa shape index (κ3) is 7.32. The molecule has 1 aromatic heterocycles. The maximum atomic E-state index is 12.4. The summed E-state index contributed by atoms with van der Waals surface area (Å²) in [5.41, 5.74) is 1.51. The van der Waals surface area contributed by atoms with E-state index in [2.05, 4.69) is 20.5 Å². The molecule has 1 aromatic carbocycles. The number of hydrogen-bond acceptors (Lipinski definition) is 5. The Morgan fingerprint density at radius 1 is 1.16 bits per heavy atom. The van der Waals surface area contributed by atoms with Crippen molar-refractivity contribution in [2.45, 2.75) is 31.6 Å².